The van der Waals surface area contributed by atoms with Crippen molar-refractivity contribution < 1.29 is 9.59 Å². The Labute approximate surface area is 424 Å². The number of hydrogen-bond acceptors (Lipinski definition) is 11. The molecule has 0 amide bonds. The average Bonchev–Trinajstić information content (AvgIpc) is 4.30. The van der Waals surface area contributed by atoms with Crippen LogP contribution in [0, 0.1) is 13.8 Å². The number of Topliss-reactive ketones (excluding diaryl/α,β-unsaturated/α-hetero) is 2. The molecule has 17 heteroatoms. The average molecular weight is 976 g/mol. The Bertz CT molecular complexity index is 3680. The first-order valence-corrected chi connectivity index (χ1v) is 24.0. The van der Waals surface area contributed by atoms with E-state index in [1.807, 2.05) is 147 Å². The van der Waals surface area contributed by atoms with Crippen molar-refractivity contribution in [1.29, 1.82) is 0 Å². The molecule has 2 aromatic carbocycles. The number of nitrogens with one attached hydrogen (secondary N) is 2. The molecule has 0 saturated carbocycles. The Kier molecular flexibility index (Phi) is 12.7. The molecule has 0 unspecified atom stereocenters. The lowest BCUT2D eigenvalue weighted by Gasteiger charge is -2.04. The van der Waals surface area contributed by atoms with Crippen molar-refractivity contribution >= 4 is 33.5 Å². The molecule has 0 bridgehead atoms. The van der Waals surface area contributed by atoms with Gasteiger partial charge in [0, 0.05) is 129 Å². The highest BCUT2D eigenvalue weighted by atomic mass is 16.1. The lowest BCUT2D eigenvalue weighted by molar-refractivity contribution is -0.118. The third kappa shape index (κ3) is 10.1. The maximum absolute atomic E-state index is 12.9. The predicted molar refractivity (Wildman–Crippen MR) is 282 cm³/mol. The molecule has 0 aliphatic rings. The van der Waals surface area contributed by atoms with E-state index in [1.54, 1.807) is 59.2 Å². The molecule has 0 radical (unpaired) electrons. The number of H-pyrrole nitrogens is 2. The normalized spacial score (nSPS) is 11.3. The van der Waals surface area contributed by atoms with E-state index in [2.05, 4.69) is 56.1 Å². The fourth-order valence-electron chi connectivity index (χ4n) is 8.94. The minimum absolute atomic E-state index is 0.128. The van der Waals surface area contributed by atoms with Gasteiger partial charge in [0.15, 0.2) is 5.82 Å². The number of carbonyl (C=O) groups is 2. The molecule has 12 rings (SSSR count). The number of pyridine rings is 4. The summed E-state index contributed by atoms with van der Waals surface area (Å²) in [5.41, 5.74) is 14.7. The Hall–Kier alpha value is -9.77. The van der Waals surface area contributed by atoms with Gasteiger partial charge >= 0.3 is 0 Å². The van der Waals surface area contributed by atoms with Crippen LogP contribution in [-0.4, -0.2) is 85.1 Å². The van der Waals surface area contributed by atoms with Crippen LogP contribution in [-0.2, 0) is 49.4 Å². The second kappa shape index (κ2) is 20.2. The molecule has 12 aromatic rings. The molecule has 0 aliphatic carbocycles. The smallest absolute Gasteiger partial charge is 0.166 e. The largest absolute Gasteiger partial charge is 0.354 e. The van der Waals surface area contributed by atoms with E-state index in [0.717, 1.165) is 113 Å². The Morgan fingerprint density at radius 1 is 0.527 bits per heavy atom. The zero-order valence-corrected chi connectivity index (χ0v) is 41.0. The third-order valence-corrected chi connectivity index (χ3v) is 12.7. The van der Waals surface area contributed by atoms with Crippen LogP contribution in [0.5, 0.6) is 0 Å². The number of ketones is 2. The first kappa shape index (κ1) is 46.6. The standard InChI is InChI=1S/C29H25N7O.C28H24N8O/c1-19-17-36(18-32-19)29-25-15-27(33-26(25)9-11-31-29)21-7-5-20(6-8-21)12-24(37)13-23-14-28(34-35(23)2)22-4-3-10-30-16-22;1-18-16-36(17-31-18)28-26-24(9-11-30-28)32-27(33-26)20-7-5-19(6-8-20)12-23(37)13-22-14-25(34-35(22)2)21-4-3-10-29-15-21/h3-11,14-18,33H,12-13H2,1-2H3;3-11,14-17H,12-13H2,1-2H3,(H,32,33). The first-order valence-electron chi connectivity index (χ1n) is 24.0. The van der Waals surface area contributed by atoms with Crippen LogP contribution < -0.4 is 0 Å². The highest BCUT2D eigenvalue weighted by Crippen LogP contribution is 2.29. The van der Waals surface area contributed by atoms with E-state index in [0.29, 0.717) is 25.7 Å². The Morgan fingerprint density at radius 3 is 1.58 bits per heavy atom. The van der Waals surface area contributed by atoms with Crippen LogP contribution >= 0.6 is 0 Å². The van der Waals surface area contributed by atoms with Gasteiger partial charge in [-0.25, -0.2) is 24.9 Å². The topological polar surface area (TPSA) is 201 Å². The number of rotatable bonds is 14. The molecule has 0 saturated heterocycles. The fraction of sp³-hybridized carbons (Fsp3) is 0.140. The number of aromatic amines is 2. The van der Waals surface area contributed by atoms with Crippen LogP contribution in [0.1, 0.15) is 33.9 Å². The van der Waals surface area contributed by atoms with E-state index in [1.165, 1.54) is 0 Å². The molecule has 0 fully saturated rings. The number of benzene rings is 2. The molecule has 0 aliphatic heterocycles. The van der Waals surface area contributed by atoms with Crippen LogP contribution in [0.4, 0.5) is 0 Å². The summed E-state index contributed by atoms with van der Waals surface area (Å²) in [7, 11) is 3.73. The summed E-state index contributed by atoms with van der Waals surface area (Å²) in [6, 6.07) is 33.6. The fourth-order valence-corrected chi connectivity index (χ4v) is 8.94. The van der Waals surface area contributed by atoms with E-state index in [-0.39, 0.29) is 11.6 Å². The number of hydrogen-bond donors (Lipinski definition) is 2. The molecular weight excluding hydrogens is 927 g/mol. The number of aryl methyl sites for hydroxylation is 4. The maximum atomic E-state index is 12.9. The number of carbonyl (C=O) groups excluding carboxylic acids is 2. The second-order valence-corrected chi connectivity index (χ2v) is 18.2. The van der Waals surface area contributed by atoms with Crippen LogP contribution in [0.2, 0.25) is 0 Å². The van der Waals surface area contributed by atoms with Crippen molar-refractivity contribution in [3.8, 4) is 56.8 Å². The van der Waals surface area contributed by atoms with Crippen molar-refractivity contribution in [2.24, 2.45) is 14.1 Å². The molecular formula is C57H49N15O2. The summed E-state index contributed by atoms with van der Waals surface area (Å²) in [6.45, 7) is 3.90. The second-order valence-electron chi connectivity index (χ2n) is 18.2. The quantitative estimate of drug-likeness (QED) is 0.105. The van der Waals surface area contributed by atoms with E-state index >= 15 is 0 Å². The number of aromatic nitrogens is 15. The van der Waals surface area contributed by atoms with E-state index in [9.17, 15) is 9.59 Å². The monoisotopic (exact) mass is 975 g/mol. The highest BCUT2D eigenvalue weighted by Gasteiger charge is 2.17. The van der Waals surface area contributed by atoms with Gasteiger partial charge in [0.25, 0.3) is 0 Å². The summed E-state index contributed by atoms with van der Waals surface area (Å²) < 4.78 is 7.34. The van der Waals surface area contributed by atoms with E-state index < -0.39 is 0 Å². The maximum Gasteiger partial charge on any atom is 0.166 e. The van der Waals surface area contributed by atoms with Gasteiger partial charge in [-0.1, -0.05) is 48.5 Å². The number of imidazole rings is 3. The molecule has 17 nitrogen and oxygen atoms in total. The molecule has 10 heterocycles. The van der Waals surface area contributed by atoms with Gasteiger partial charge in [-0.3, -0.25) is 38.1 Å². The van der Waals surface area contributed by atoms with Gasteiger partial charge in [-0.2, -0.15) is 10.2 Å². The van der Waals surface area contributed by atoms with Crippen molar-refractivity contribution in [2.75, 3.05) is 0 Å². The van der Waals surface area contributed by atoms with Crippen molar-refractivity contribution in [3.05, 3.63) is 199 Å². The van der Waals surface area contributed by atoms with Gasteiger partial charge in [0.05, 0.1) is 33.8 Å². The van der Waals surface area contributed by atoms with Crippen LogP contribution in [0.25, 0.3) is 78.7 Å². The van der Waals surface area contributed by atoms with Gasteiger partial charge in [-0.05, 0) is 85.1 Å². The number of nitrogens with zero attached hydrogens (tertiary/aromatic N) is 13. The lowest BCUT2D eigenvalue weighted by Crippen LogP contribution is -2.10. The van der Waals surface area contributed by atoms with Crippen LogP contribution in [0.3, 0.4) is 0 Å². The van der Waals surface area contributed by atoms with Crippen molar-refractivity contribution in [1.82, 2.24) is 73.6 Å². The van der Waals surface area contributed by atoms with Gasteiger partial charge < -0.3 is 9.97 Å². The van der Waals surface area contributed by atoms with Crippen molar-refractivity contribution in [3.63, 3.8) is 0 Å². The summed E-state index contributed by atoms with van der Waals surface area (Å²) >= 11 is 0. The predicted octanol–water partition coefficient (Wildman–Crippen LogP) is 9.14. The van der Waals surface area contributed by atoms with Crippen LogP contribution in [0.15, 0.2) is 165 Å². The first-order chi connectivity index (χ1) is 36.1. The molecule has 2 N–H and O–H groups in total. The summed E-state index contributed by atoms with van der Waals surface area (Å²) in [4.78, 5) is 63.3. The SMILES string of the molecule is Cc1cn(-c2nccc3[nH]c(-c4ccc(CC(=O)Cc5cc(-c6cccnc6)nn5C)cc4)cc23)cn1.Cc1cn(-c2nccc3[nH]c(-c4ccc(CC(=O)Cc5cc(-c6cccnc6)nn5C)cc4)nc23)cn1. The summed E-state index contributed by atoms with van der Waals surface area (Å²) in [5.74, 6) is 2.58. The van der Waals surface area contributed by atoms with Gasteiger partial charge in [-0.15, -0.1) is 0 Å². The molecule has 0 spiro atoms. The minimum atomic E-state index is 0.128. The minimum Gasteiger partial charge on any atom is -0.354 e. The Morgan fingerprint density at radius 2 is 1.05 bits per heavy atom. The van der Waals surface area contributed by atoms with Gasteiger partial charge in [0.2, 0.25) is 0 Å². The molecule has 0 atom stereocenters. The molecule has 364 valence electrons. The molecule has 74 heavy (non-hydrogen) atoms. The third-order valence-electron chi connectivity index (χ3n) is 12.7. The van der Waals surface area contributed by atoms with E-state index in [4.69, 9.17) is 4.98 Å². The number of fused-ring (bicyclic) bond motifs is 2. The Balaban J connectivity index is 0.000000159. The molecule has 10 aromatic heterocycles. The van der Waals surface area contributed by atoms with Gasteiger partial charge in [0.1, 0.15) is 41.4 Å². The summed E-state index contributed by atoms with van der Waals surface area (Å²) in [6.07, 6.45) is 19.3. The highest BCUT2D eigenvalue weighted by molar-refractivity contribution is 5.91. The zero-order chi connectivity index (χ0) is 50.7. The summed E-state index contributed by atoms with van der Waals surface area (Å²) in [5, 5.41) is 10.1. The zero-order valence-electron chi connectivity index (χ0n) is 41.0. The van der Waals surface area contributed by atoms with Crippen molar-refractivity contribution in [2.45, 2.75) is 39.5 Å². The lowest BCUT2D eigenvalue weighted by atomic mass is 10.0.